The van der Waals surface area contributed by atoms with E-state index in [1.807, 2.05) is 24.3 Å². The third-order valence-electron chi connectivity index (χ3n) is 6.21. The number of hydrogen-bond donors (Lipinski definition) is 6. The first-order chi connectivity index (χ1) is 20.7. The number of anilines is 1. The zero-order valence-corrected chi connectivity index (χ0v) is 24.2. The van der Waals surface area contributed by atoms with Crippen LogP contribution >= 0.6 is 11.6 Å². The van der Waals surface area contributed by atoms with E-state index in [1.165, 1.54) is 24.1 Å². The van der Waals surface area contributed by atoms with Gasteiger partial charge in [0, 0.05) is 38.3 Å². The lowest BCUT2D eigenvalue weighted by Gasteiger charge is -2.28. The molecule has 15 heteroatoms. The van der Waals surface area contributed by atoms with Crippen LogP contribution in [0.4, 0.5) is 24.6 Å². The molecule has 0 spiro atoms. The predicted molar refractivity (Wildman–Crippen MR) is 161 cm³/mol. The summed E-state index contributed by atoms with van der Waals surface area (Å²) in [5.41, 5.74) is 5.56. The van der Waals surface area contributed by atoms with Crippen molar-refractivity contribution in [1.29, 1.82) is 0 Å². The molecule has 3 rings (SSSR count). The lowest BCUT2D eigenvalue weighted by molar-refractivity contribution is 0.113. The number of hydrogen-bond acceptors (Lipinski definition) is 7. The molecule has 0 bridgehead atoms. The van der Waals surface area contributed by atoms with Crippen LogP contribution in [0.2, 0.25) is 5.02 Å². The van der Waals surface area contributed by atoms with Crippen molar-refractivity contribution in [2.45, 2.75) is 25.4 Å². The number of nitrogens with one attached hydrogen (secondary N) is 4. The molecule has 0 aliphatic carbocycles. The second kappa shape index (κ2) is 16.7. The molecule has 0 saturated carbocycles. The van der Waals surface area contributed by atoms with Crippen LogP contribution < -0.4 is 27.0 Å². The average Bonchev–Trinajstić information content (AvgIpc) is 2.99. The molecule has 3 aromatic rings. The number of aliphatic imine (C=N–C) groups is 1. The highest BCUT2D eigenvalue weighted by Gasteiger charge is 2.22. The summed E-state index contributed by atoms with van der Waals surface area (Å²) < 4.78 is 19.2. The minimum absolute atomic E-state index is 0.0234. The SMILES string of the molecule is CN(C(=O)NCc1cccc(F)c1Cl)[C@@H](CCCN=C(NCCO)NC(N)=O)COC(=O)Nc1cc2ccccc2cn1. The van der Waals surface area contributed by atoms with Crippen molar-refractivity contribution in [3.05, 3.63) is 71.1 Å². The molecule has 1 heterocycles. The van der Waals surface area contributed by atoms with Gasteiger partial charge in [-0.05, 0) is 35.9 Å². The first-order valence-corrected chi connectivity index (χ1v) is 13.7. The number of likely N-dealkylation sites (N-methyl/N-ethyl adjacent to an activating group) is 1. The topological polar surface area (TPSA) is 183 Å². The monoisotopic (exact) mass is 616 g/mol. The van der Waals surface area contributed by atoms with E-state index < -0.39 is 30.0 Å². The van der Waals surface area contributed by atoms with Crippen LogP contribution in [-0.4, -0.2) is 78.5 Å². The fraction of sp³-hybridized carbons (Fsp3) is 0.321. The van der Waals surface area contributed by atoms with Crippen molar-refractivity contribution in [3.8, 4) is 0 Å². The number of aliphatic hydroxyl groups excluding tert-OH is 1. The lowest BCUT2D eigenvalue weighted by atomic mass is 10.1. The second-order valence-corrected chi connectivity index (χ2v) is 9.67. The number of carbonyl (C=O) groups is 3. The Balaban J connectivity index is 1.64. The highest BCUT2D eigenvalue weighted by Crippen LogP contribution is 2.20. The van der Waals surface area contributed by atoms with Gasteiger partial charge in [0.05, 0.1) is 17.7 Å². The normalized spacial score (nSPS) is 11.9. The molecule has 230 valence electrons. The summed E-state index contributed by atoms with van der Waals surface area (Å²) in [6.45, 7) is -0.00907. The molecular formula is C28H34ClFN8O5. The second-order valence-electron chi connectivity index (χ2n) is 9.29. The number of halogens is 2. The Hall–Kier alpha value is -4.69. The molecule has 0 saturated heterocycles. The summed E-state index contributed by atoms with van der Waals surface area (Å²) in [5, 5.41) is 21.1. The molecule has 13 nitrogen and oxygen atoms in total. The van der Waals surface area contributed by atoms with Gasteiger partial charge in [-0.25, -0.2) is 23.8 Å². The third kappa shape index (κ3) is 10.6. The number of rotatable bonds is 12. The number of aliphatic hydroxyl groups is 1. The Morgan fingerprint density at radius 3 is 2.67 bits per heavy atom. The summed E-state index contributed by atoms with van der Waals surface area (Å²) in [5.74, 6) is -0.202. The standard InChI is InChI=1S/C28H34ClFN8O5/c1-38(27(41)35-16-20-8-4-10-22(30)24(20)29)21(9-5-11-32-26(33-12-13-39)37-25(31)40)17-43-28(42)36-23-14-18-6-2-3-7-19(18)15-34-23/h2-4,6-8,10,14-15,21,39H,5,9,11-13,16-17H2,1H3,(H,35,41)(H,34,36,42)(H4,31,32,33,37,40)/t21-/m0/s1. The smallest absolute Gasteiger partial charge is 0.412 e. The highest BCUT2D eigenvalue weighted by molar-refractivity contribution is 6.31. The van der Waals surface area contributed by atoms with E-state index in [0.29, 0.717) is 24.2 Å². The maximum atomic E-state index is 13.8. The van der Waals surface area contributed by atoms with Crippen molar-refractivity contribution in [2.24, 2.45) is 10.7 Å². The summed E-state index contributed by atoms with van der Waals surface area (Å²) in [7, 11) is 1.53. The van der Waals surface area contributed by atoms with E-state index in [9.17, 15) is 18.8 Å². The molecule has 0 aliphatic heterocycles. The first kappa shape index (κ1) is 32.8. The van der Waals surface area contributed by atoms with Gasteiger partial charge < -0.3 is 31.1 Å². The van der Waals surface area contributed by atoms with Crippen LogP contribution in [-0.2, 0) is 11.3 Å². The van der Waals surface area contributed by atoms with Gasteiger partial charge in [0.1, 0.15) is 18.2 Å². The fourth-order valence-electron chi connectivity index (χ4n) is 3.95. The number of carbonyl (C=O) groups excluding carboxylic acids is 3. The number of nitrogens with zero attached hydrogens (tertiary/aromatic N) is 3. The number of fused-ring (bicyclic) bond motifs is 1. The van der Waals surface area contributed by atoms with Gasteiger partial charge in [-0.1, -0.05) is 48.0 Å². The molecule has 1 aromatic heterocycles. The van der Waals surface area contributed by atoms with Gasteiger partial charge >= 0.3 is 18.2 Å². The van der Waals surface area contributed by atoms with Crippen LogP contribution in [0.15, 0.2) is 59.7 Å². The lowest BCUT2D eigenvalue weighted by Crippen LogP contribution is -2.46. The van der Waals surface area contributed by atoms with E-state index in [2.05, 4.69) is 31.2 Å². The molecule has 0 unspecified atom stereocenters. The van der Waals surface area contributed by atoms with Crippen molar-refractivity contribution < 1.29 is 28.6 Å². The summed E-state index contributed by atoms with van der Waals surface area (Å²) in [6.07, 6.45) is 1.64. The zero-order valence-electron chi connectivity index (χ0n) is 23.5. The number of guanidine groups is 1. The molecule has 7 N–H and O–H groups in total. The molecule has 43 heavy (non-hydrogen) atoms. The Labute approximate surface area is 252 Å². The maximum Gasteiger partial charge on any atom is 0.412 e. The highest BCUT2D eigenvalue weighted by atomic mass is 35.5. The van der Waals surface area contributed by atoms with Gasteiger partial charge in [-0.2, -0.15) is 0 Å². The molecule has 0 radical (unpaired) electrons. The molecule has 2 aromatic carbocycles. The number of ether oxygens (including phenoxy) is 1. The van der Waals surface area contributed by atoms with Gasteiger partial charge in [-0.3, -0.25) is 15.6 Å². The summed E-state index contributed by atoms with van der Waals surface area (Å²) in [4.78, 5) is 46.6. The Kier molecular flexibility index (Phi) is 12.7. The van der Waals surface area contributed by atoms with E-state index in [4.69, 9.17) is 27.2 Å². The van der Waals surface area contributed by atoms with Crippen LogP contribution in [0.25, 0.3) is 10.8 Å². The minimum Gasteiger partial charge on any atom is -0.447 e. The van der Waals surface area contributed by atoms with E-state index in [1.54, 1.807) is 18.3 Å². The number of pyridine rings is 1. The molecular weight excluding hydrogens is 583 g/mol. The fourth-order valence-corrected chi connectivity index (χ4v) is 4.14. The first-order valence-electron chi connectivity index (χ1n) is 13.4. The van der Waals surface area contributed by atoms with E-state index >= 15 is 0 Å². The van der Waals surface area contributed by atoms with Crippen LogP contribution in [0.1, 0.15) is 18.4 Å². The Morgan fingerprint density at radius 1 is 1.16 bits per heavy atom. The predicted octanol–water partition coefficient (Wildman–Crippen LogP) is 3.17. The largest absolute Gasteiger partial charge is 0.447 e. The van der Waals surface area contributed by atoms with Crippen molar-refractivity contribution in [3.63, 3.8) is 0 Å². The number of urea groups is 2. The van der Waals surface area contributed by atoms with Crippen LogP contribution in [0.5, 0.6) is 0 Å². The van der Waals surface area contributed by atoms with Gasteiger partial charge in [-0.15, -0.1) is 0 Å². The van der Waals surface area contributed by atoms with Crippen molar-refractivity contribution in [1.82, 2.24) is 25.8 Å². The number of primary amides is 1. The molecule has 0 aliphatic rings. The van der Waals surface area contributed by atoms with Crippen LogP contribution in [0.3, 0.4) is 0 Å². The third-order valence-corrected chi connectivity index (χ3v) is 6.63. The number of benzene rings is 2. The number of amides is 5. The quantitative estimate of drug-likeness (QED) is 0.103. The van der Waals surface area contributed by atoms with Crippen molar-refractivity contribution >= 4 is 52.3 Å². The van der Waals surface area contributed by atoms with Gasteiger partial charge in [0.15, 0.2) is 5.96 Å². The van der Waals surface area contributed by atoms with Crippen LogP contribution in [0, 0.1) is 5.82 Å². The van der Waals surface area contributed by atoms with E-state index in [-0.39, 0.29) is 43.8 Å². The van der Waals surface area contributed by atoms with Crippen molar-refractivity contribution in [2.75, 3.05) is 38.7 Å². The van der Waals surface area contributed by atoms with E-state index in [0.717, 1.165) is 10.8 Å². The Bertz CT molecular complexity index is 1440. The number of aromatic nitrogens is 1. The maximum absolute atomic E-state index is 13.8. The molecule has 5 amide bonds. The van der Waals surface area contributed by atoms with Gasteiger partial charge in [0.2, 0.25) is 0 Å². The molecule has 0 fully saturated rings. The Morgan fingerprint density at radius 2 is 1.93 bits per heavy atom. The summed E-state index contributed by atoms with van der Waals surface area (Å²) in [6, 6.07) is 11.6. The summed E-state index contributed by atoms with van der Waals surface area (Å²) >= 11 is 6.00. The zero-order chi connectivity index (χ0) is 31.2. The minimum atomic E-state index is -0.822. The average molecular weight is 617 g/mol. The molecule has 1 atom stereocenters. The number of nitrogens with two attached hydrogens (primary N) is 1. The van der Waals surface area contributed by atoms with Gasteiger partial charge in [0.25, 0.3) is 0 Å².